The first kappa shape index (κ1) is 17.8. The van der Waals surface area contributed by atoms with E-state index in [2.05, 4.69) is 0 Å². The number of ether oxygens (including phenoxy) is 1. The lowest BCUT2D eigenvalue weighted by Crippen LogP contribution is -2.51. The number of anilines is 1. The zero-order valence-corrected chi connectivity index (χ0v) is 15.8. The third kappa shape index (κ3) is 2.76. The molecule has 2 aromatic rings. The maximum absolute atomic E-state index is 13.1. The van der Waals surface area contributed by atoms with Crippen molar-refractivity contribution in [2.24, 2.45) is 0 Å². The van der Waals surface area contributed by atoms with E-state index in [1.165, 1.54) is 24.0 Å². The number of hydrogen-bond donors (Lipinski definition) is 0. The zero-order chi connectivity index (χ0) is 19.3. The lowest BCUT2D eigenvalue weighted by Gasteiger charge is -2.33. The first-order valence-corrected chi connectivity index (χ1v) is 9.06. The quantitative estimate of drug-likeness (QED) is 0.719. The van der Waals surface area contributed by atoms with Crippen LogP contribution in [-0.4, -0.2) is 41.8 Å². The van der Waals surface area contributed by atoms with Crippen LogP contribution in [0.15, 0.2) is 36.4 Å². The molecule has 6 nitrogen and oxygen atoms in total. The van der Waals surface area contributed by atoms with Crippen molar-refractivity contribution in [1.82, 2.24) is 4.90 Å². The Labute approximate surface area is 165 Å². The van der Waals surface area contributed by atoms with Crippen molar-refractivity contribution in [3.8, 4) is 5.75 Å². The van der Waals surface area contributed by atoms with Crippen LogP contribution in [0.4, 0.5) is 5.69 Å². The minimum atomic E-state index is -0.985. The number of benzene rings is 2. The second-order valence-electron chi connectivity index (χ2n) is 6.27. The van der Waals surface area contributed by atoms with Crippen LogP contribution >= 0.6 is 23.2 Å². The summed E-state index contributed by atoms with van der Waals surface area (Å²) in [7, 11) is 0. The molecule has 3 amide bonds. The Balaban J connectivity index is 1.66. The number of halogens is 2. The van der Waals surface area contributed by atoms with Gasteiger partial charge in [-0.3, -0.25) is 19.3 Å². The smallest absolute Gasteiger partial charge is 0.262 e. The Morgan fingerprint density at radius 1 is 1.07 bits per heavy atom. The van der Waals surface area contributed by atoms with E-state index in [0.29, 0.717) is 24.6 Å². The highest BCUT2D eigenvalue weighted by atomic mass is 35.5. The zero-order valence-electron chi connectivity index (χ0n) is 14.2. The van der Waals surface area contributed by atoms with Crippen LogP contribution in [0, 0.1) is 0 Å². The van der Waals surface area contributed by atoms with Crippen LogP contribution in [0.25, 0.3) is 0 Å². The molecular formula is C19H14Cl2N2O4. The normalized spacial score (nSPS) is 16.7. The van der Waals surface area contributed by atoms with Crippen molar-refractivity contribution in [1.29, 1.82) is 0 Å². The molecule has 138 valence electrons. The van der Waals surface area contributed by atoms with Gasteiger partial charge < -0.3 is 9.64 Å². The number of carbonyl (C=O) groups is 3. The highest BCUT2D eigenvalue weighted by Gasteiger charge is 2.43. The first-order valence-electron chi connectivity index (χ1n) is 8.30. The molecule has 2 aliphatic heterocycles. The van der Waals surface area contributed by atoms with E-state index in [1.54, 1.807) is 18.2 Å². The average molecular weight is 405 g/mol. The van der Waals surface area contributed by atoms with Crippen LogP contribution in [-0.2, 0) is 4.79 Å². The summed E-state index contributed by atoms with van der Waals surface area (Å²) in [6, 6.07) is 8.88. The Kier molecular flexibility index (Phi) is 4.32. The summed E-state index contributed by atoms with van der Waals surface area (Å²) < 4.78 is 5.56. The molecular weight excluding hydrogens is 391 g/mol. The molecule has 0 aromatic heterocycles. The van der Waals surface area contributed by atoms with Gasteiger partial charge in [0.05, 0.1) is 33.4 Å². The molecule has 2 aromatic carbocycles. The van der Waals surface area contributed by atoms with E-state index >= 15 is 0 Å². The topological polar surface area (TPSA) is 66.9 Å². The van der Waals surface area contributed by atoms with Gasteiger partial charge in [0.1, 0.15) is 18.4 Å². The molecule has 0 spiro atoms. The van der Waals surface area contributed by atoms with Gasteiger partial charge in [-0.15, -0.1) is 0 Å². The molecule has 2 heterocycles. The summed E-state index contributed by atoms with van der Waals surface area (Å²) in [5.74, 6) is -0.894. The van der Waals surface area contributed by atoms with Crippen molar-refractivity contribution >= 4 is 46.6 Å². The monoisotopic (exact) mass is 404 g/mol. The SMILES string of the molecule is CC(C(=O)N1CCOc2ccccc21)N1C(=O)c2cc(Cl)c(Cl)cc2C1=O. The molecule has 0 bridgehead atoms. The minimum absolute atomic E-state index is 0.149. The molecule has 0 saturated heterocycles. The molecule has 8 heteroatoms. The standard InChI is InChI=1S/C19H14Cl2N2O4/c1-10(17(24)22-6-7-27-16-5-3-2-4-15(16)22)23-18(25)11-8-13(20)14(21)9-12(11)19(23)26/h2-5,8-10H,6-7H2,1H3. The summed E-state index contributed by atoms with van der Waals surface area (Å²) in [5, 5.41) is 0.360. The van der Waals surface area contributed by atoms with E-state index in [1.807, 2.05) is 6.07 Å². The van der Waals surface area contributed by atoms with Crippen LogP contribution in [0.2, 0.25) is 10.0 Å². The summed E-state index contributed by atoms with van der Waals surface area (Å²) in [4.78, 5) is 41.1. The third-order valence-corrected chi connectivity index (χ3v) is 5.42. The molecule has 1 unspecified atom stereocenters. The van der Waals surface area contributed by atoms with Gasteiger partial charge in [-0.05, 0) is 31.2 Å². The fourth-order valence-electron chi connectivity index (χ4n) is 3.34. The molecule has 0 radical (unpaired) electrons. The number of para-hydroxylation sites is 2. The number of fused-ring (bicyclic) bond motifs is 2. The molecule has 4 rings (SSSR count). The second-order valence-corrected chi connectivity index (χ2v) is 7.09. The number of nitrogens with zero attached hydrogens (tertiary/aromatic N) is 2. The van der Waals surface area contributed by atoms with E-state index in [4.69, 9.17) is 27.9 Å². The van der Waals surface area contributed by atoms with E-state index < -0.39 is 17.9 Å². The Bertz CT molecular complexity index is 951. The van der Waals surface area contributed by atoms with Gasteiger partial charge in [0, 0.05) is 0 Å². The predicted molar refractivity (Wildman–Crippen MR) is 101 cm³/mol. The summed E-state index contributed by atoms with van der Waals surface area (Å²) in [6.45, 7) is 2.20. The molecule has 1 atom stereocenters. The van der Waals surface area contributed by atoms with Crippen LogP contribution in [0.5, 0.6) is 5.75 Å². The van der Waals surface area contributed by atoms with Crippen molar-refractivity contribution in [3.05, 3.63) is 57.6 Å². The molecule has 0 saturated carbocycles. The molecule has 2 aliphatic rings. The van der Waals surface area contributed by atoms with Crippen LogP contribution in [0.3, 0.4) is 0 Å². The lowest BCUT2D eigenvalue weighted by molar-refractivity contribution is -0.122. The van der Waals surface area contributed by atoms with Crippen molar-refractivity contribution in [3.63, 3.8) is 0 Å². The third-order valence-electron chi connectivity index (χ3n) is 4.70. The minimum Gasteiger partial charge on any atom is -0.490 e. The van der Waals surface area contributed by atoms with Gasteiger partial charge >= 0.3 is 0 Å². The van der Waals surface area contributed by atoms with Gasteiger partial charge in [-0.2, -0.15) is 0 Å². The van der Waals surface area contributed by atoms with Gasteiger partial charge in [0.15, 0.2) is 0 Å². The molecule has 0 fully saturated rings. The number of rotatable bonds is 2. The molecule has 27 heavy (non-hydrogen) atoms. The lowest BCUT2D eigenvalue weighted by atomic mass is 10.1. The highest BCUT2D eigenvalue weighted by molar-refractivity contribution is 6.43. The molecule has 0 aliphatic carbocycles. The summed E-state index contributed by atoms with van der Waals surface area (Å²) in [6.07, 6.45) is 0. The summed E-state index contributed by atoms with van der Waals surface area (Å²) in [5.41, 5.74) is 0.913. The predicted octanol–water partition coefficient (Wildman–Crippen LogP) is 3.40. The van der Waals surface area contributed by atoms with E-state index in [0.717, 1.165) is 4.90 Å². The second kappa shape index (κ2) is 6.55. The van der Waals surface area contributed by atoms with Crippen molar-refractivity contribution in [2.75, 3.05) is 18.1 Å². The maximum Gasteiger partial charge on any atom is 0.262 e. The largest absolute Gasteiger partial charge is 0.490 e. The average Bonchev–Trinajstić information content (AvgIpc) is 2.90. The highest BCUT2D eigenvalue weighted by Crippen LogP contribution is 2.35. The number of amides is 3. The molecule has 0 N–H and O–H groups in total. The number of imide groups is 1. The first-order chi connectivity index (χ1) is 12.9. The summed E-state index contributed by atoms with van der Waals surface area (Å²) >= 11 is 11.9. The Morgan fingerprint density at radius 3 is 2.30 bits per heavy atom. The van der Waals surface area contributed by atoms with Crippen molar-refractivity contribution < 1.29 is 19.1 Å². The number of carbonyl (C=O) groups excluding carboxylic acids is 3. The van der Waals surface area contributed by atoms with Gasteiger partial charge in [0.2, 0.25) is 5.91 Å². The van der Waals surface area contributed by atoms with E-state index in [-0.39, 0.29) is 27.1 Å². The van der Waals surface area contributed by atoms with Crippen molar-refractivity contribution in [2.45, 2.75) is 13.0 Å². The Morgan fingerprint density at radius 2 is 1.67 bits per heavy atom. The van der Waals surface area contributed by atoms with Gasteiger partial charge in [0.25, 0.3) is 11.8 Å². The number of hydrogen-bond acceptors (Lipinski definition) is 4. The Hall–Kier alpha value is -2.57. The van der Waals surface area contributed by atoms with E-state index in [9.17, 15) is 14.4 Å². The van der Waals surface area contributed by atoms with Crippen LogP contribution < -0.4 is 9.64 Å². The maximum atomic E-state index is 13.1. The van der Waals surface area contributed by atoms with Crippen LogP contribution in [0.1, 0.15) is 27.6 Å². The fourth-order valence-corrected chi connectivity index (χ4v) is 3.67. The van der Waals surface area contributed by atoms with Gasteiger partial charge in [-0.25, -0.2) is 0 Å². The fraction of sp³-hybridized carbons (Fsp3) is 0.211. The van der Waals surface area contributed by atoms with Gasteiger partial charge in [-0.1, -0.05) is 35.3 Å².